The van der Waals surface area contributed by atoms with E-state index in [4.69, 9.17) is 18.0 Å². The number of aliphatic hydroxyl groups is 1. The van der Waals surface area contributed by atoms with E-state index in [1.54, 1.807) is 48.5 Å². The number of rotatable bonds is 4. The van der Waals surface area contributed by atoms with Gasteiger partial charge in [0, 0.05) is 22.8 Å². The van der Waals surface area contributed by atoms with Gasteiger partial charge < -0.3 is 15.7 Å². The molecule has 2 amide bonds. The van der Waals surface area contributed by atoms with Crippen molar-refractivity contribution in [2.24, 2.45) is 0 Å². The molecule has 4 nitrogen and oxygen atoms in total. The first-order valence-electron chi connectivity index (χ1n) is 6.63. The van der Waals surface area contributed by atoms with Crippen molar-refractivity contribution in [1.29, 1.82) is 0 Å². The molecule has 0 fully saturated rings. The van der Waals surface area contributed by atoms with Gasteiger partial charge in [-0.25, -0.2) is 4.79 Å². The van der Waals surface area contributed by atoms with Crippen LogP contribution in [0.2, 0.25) is 5.02 Å². The van der Waals surface area contributed by atoms with Crippen LogP contribution in [0.1, 0.15) is 17.2 Å². The Morgan fingerprint density at radius 1 is 1.27 bits per heavy atom. The first-order valence-corrected chi connectivity index (χ1v) is 7.01. The molecule has 0 heterocycles. The van der Waals surface area contributed by atoms with Crippen LogP contribution in [-0.4, -0.2) is 17.7 Å². The zero-order chi connectivity index (χ0) is 15.9. The molecule has 2 rings (SSSR count). The fourth-order valence-corrected chi connectivity index (χ4v) is 1.98. The molecule has 0 bridgehead atoms. The lowest BCUT2D eigenvalue weighted by molar-refractivity contribution is 0.175. The summed E-state index contributed by atoms with van der Waals surface area (Å²) in [6.45, 7) is 0.0856. The normalized spacial score (nSPS) is 11.3. The number of anilines is 1. The van der Waals surface area contributed by atoms with Crippen LogP contribution in [0.25, 0.3) is 0 Å². The monoisotopic (exact) mass is 314 g/mol. The Labute approximate surface area is 134 Å². The van der Waals surface area contributed by atoms with Crippen molar-refractivity contribution in [2.75, 3.05) is 11.9 Å². The number of carbonyl (C=O) groups is 1. The highest BCUT2D eigenvalue weighted by molar-refractivity contribution is 6.30. The lowest BCUT2D eigenvalue weighted by Crippen LogP contribution is -2.32. The van der Waals surface area contributed by atoms with E-state index in [1.807, 2.05) is 0 Å². The molecule has 1 unspecified atom stereocenters. The van der Waals surface area contributed by atoms with E-state index in [1.165, 1.54) is 0 Å². The van der Waals surface area contributed by atoms with Crippen LogP contribution in [-0.2, 0) is 0 Å². The van der Waals surface area contributed by atoms with Crippen molar-refractivity contribution in [2.45, 2.75) is 6.10 Å². The molecule has 3 N–H and O–H groups in total. The maximum Gasteiger partial charge on any atom is 0.319 e. The summed E-state index contributed by atoms with van der Waals surface area (Å²) < 4.78 is 0. The van der Waals surface area contributed by atoms with Crippen LogP contribution >= 0.6 is 11.6 Å². The summed E-state index contributed by atoms with van der Waals surface area (Å²) >= 11 is 5.78. The van der Waals surface area contributed by atoms with E-state index in [0.717, 1.165) is 0 Å². The molecule has 2 aromatic carbocycles. The Kier molecular flexibility index (Phi) is 5.42. The van der Waals surface area contributed by atoms with Gasteiger partial charge in [-0.3, -0.25) is 0 Å². The van der Waals surface area contributed by atoms with Gasteiger partial charge in [-0.1, -0.05) is 35.7 Å². The largest absolute Gasteiger partial charge is 0.387 e. The summed E-state index contributed by atoms with van der Waals surface area (Å²) in [5.74, 6) is 2.49. The highest BCUT2D eigenvalue weighted by Gasteiger charge is 2.09. The second-order valence-corrected chi connectivity index (χ2v) is 5.06. The first kappa shape index (κ1) is 15.9. The molecular formula is C17H15ClN2O2. The average Bonchev–Trinajstić information content (AvgIpc) is 2.53. The summed E-state index contributed by atoms with van der Waals surface area (Å²) in [6.07, 6.45) is 4.50. The summed E-state index contributed by atoms with van der Waals surface area (Å²) in [5, 5.41) is 15.8. The minimum Gasteiger partial charge on any atom is -0.387 e. The van der Waals surface area contributed by atoms with E-state index < -0.39 is 12.1 Å². The Balaban J connectivity index is 1.87. The maximum atomic E-state index is 11.8. The summed E-state index contributed by atoms with van der Waals surface area (Å²) in [5.41, 5.74) is 1.95. The number of aliphatic hydroxyl groups excluding tert-OH is 1. The number of halogens is 1. The molecular weight excluding hydrogens is 300 g/mol. The molecule has 0 aliphatic heterocycles. The predicted molar refractivity (Wildman–Crippen MR) is 87.8 cm³/mol. The number of terminal acetylenes is 1. The zero-order valence-electron chi connectivity index (χ0n) is 11.7. The molecule has 112 valence electrons. The third-order valence-electron chi connectivity index (χ3n) is 3.00. The number of benzene rings is 2. The minimum absolute atomic E-state index is 0.0856. The van der Waals surface area contributed by atoms with Gasteiger partial charge in [0.15, 0.2) is 0 Å². The molecule has 0 aliphatic rings. The lowest BCUT2D eigenvalue weighted by atomic mass is 10.1. The van der Waals surface area contributed by atoms with Gasteiger partial charge in [0.05, 0.1) is 6.10 Å². The molecule has 0 aliphatic carbocycles. The summed E-state index contributed by atoms with van der Waals surface area (Å²) in [4.78, 5) is 11.8. The number of nitrogens with one attached hydrogen (secondary N) is 2. The van der Waals surface area contributed by atoms with Gasteiger partial charge in [-0.05, 0) is 35.9 Å². The van der Waals surface area contributed by atoms with Crippen LogP contribution < -0.4 is 10.6 Å². The van der Waals surface area contributed by atoms with Crippen molar-refractivity contribution in [3.8, 4) is 12.3 Å². The fourth-order valence-electron chi connectivity index (χ4n) is 1.85. The average molecular weight is 315 g/mol. The zero-order valence-corrected chi connectivity index (χ0v) is 12.5. The number of urea groups is 1. The van der Waals surface area contributed by atoms with Gasteiger partial charge in [0.2, 0.25) is 0 Å². The van der Waals surface area contributed by atoms with Gasteiger partial charge in [-0.15, -0.1) is 6.42 Å². The molecule has 0 saturated carbocycles. The van der Waals surface area contributed by atoms with Crippen LogP contribution in [0.15, 0.2) is 48.5 Å². The Bertz CT molecular complexity index is 693. The van der Waals surface area contributed by atoms with Crippen molar-refractivity contribution >= 4 is 23.3 Å². The van der Waals surface area contributed by atoms with Crippen molar-refractivity contribution in [1.82, 2.24) is 5.32 Å². The minimum atomic E-state index is -0.806. The fraction of sp³-hybridized carbons (Fsp3) is 0.118. The van der Waals surface area contributed by atoms with E-state index >= 15 is 0 Å². The highest BCUT2D eigenvalue weighted by Crippen LogP contribution is 2.16. The molecule has 1 atom stereocenters. The van der Waals surface area contributed by atoms with Crippen molar-refractivity contribution in [3.63, 3.8) is 0 Å². The molecule has 0 saturated heterocycles. The van der Waals surface area contributed by atoms with Crippen LogP contribution in [0.3, 0.4) is 0 Å². The third kappa shape index (κ3) is 4.52. The third-order valence-corrected chi connectivity index (χ3v) is 3.25. The molecule has 0 spiro atoms. The number of carbonyl (C=O) groups excluding carboxylic acids is 1. The van der Waals surface area contributed by atoms with Gasteiger partial charge in [-0.2, -0.15) is 0 Å². The number of hydrogen-bond donors (Lipinski definition) is 3. The van der Waals surface area contributed by atoms with Gasteiger partial charge in [0.25, 0.3) is 0 Å². The van der Waals surface area contributed by atoms with Gasteiger partial charge >= 0.3 is 6.03 Å². The highest BCUT2D eigenvalue weighted by atomic mass is 35.5. The SMILES string of the molecule is C#Cc1cccc(NC(=O)NCC(O)c2ccc(Cl)cc2)c1. The van der Waals surface area contributed by atoms with Crippen molar-refractivity contribution in [3.05, 3.63) is 64.7 Å². The van der Waals surface area contributed by atoms with Crippen molar-refractivity contribution < 1.29 is 9.90 Å². The topological polar surface area (TPSA) is 61.4 Å². The summed E-state index contributed by atoms with van der Waals surface area (Å²) in [6, 6.07) is 13.3. The standard InChI is InChI=1S/C17H15ClN2O2/c1-2-12-4-3-5-15(10-12)20-17(22)19-11-16(21)13-6-8-14(18)9-7-13/h1,3-10,16,21H,11H2,(H2,19,20,22). The molecule has 5 heteroatoms. The Hall–Kier alpha value is -2.48. The number of amides is 2. The molecule has 0 aromatic heterocycles. The van der Waals surface area contributed by atoms with E-state index in [-0.39, 0.29) is 6.54 Å². The lowest BCUT2D eigenvalue weighted by Gasteiger charge is -2.13. The Morgan fingerprint density at radius 3 is 2.68 bits per heavy atom. The second-order valence-electron chi connectivity index (χ2n) is 4.63. The molecule has 2 aromatic rings. The van der Waals surface area contributed by atoms with Crippen LogP contribution in [0, 0.1) is 12.3 Å². The van der Waals surface area contributed by atoms with E-state index in [9.17, 15) is 9.90 Å². The van der Waals surface area contributed by atoms with Gasteiger partial charge in [0.1, 0.15) is 0 Å². The number of hydrogen-bond acceptors (Lipinski definition) is 2. The summed E-state index contributed by atoms with van der Waals surface area (Å²) in [7, 11) is 0. The van der Waals surface area contributed by atoms with Crippen LogP contribution in [0.5, 0.6) is 0 Å². The predicted octanol–water partition coefficient (Wildman–Crippen LogP) is 3.18. The smallest absolute Gasteiger partial charge is 0.319 e. The quantitative estimate of drug-likeness (QED) is 0.759. The Morgan fingerprint density at radius 2 is 2.00 bits per heavy atom. The first-order chi connectivity index (χ1) is 10.6. The van der Waals surface area contributed by atoms with E-state index in [0.29, 0.717) is 21.8 Å². The molecule has 0 radical (unpaired) electrons. The maximum absolute atomic E-state index is 11.8. The molecule has 22 heavy (non-hydrogen) atoms. The van der Waals surface area contributed by atoms with Crippen LogP contribution in [0.4, 0.5) is 10.5 Å². The second kappa shape index (κ2) is 7.51. The van der Waals surface area contributed by atoms with E-state index in [2.05, 4.69) is 16.6 Å².